The van der Waals surface area contributed by atoms with E-state index in [1.165, 1.54) is 33.5 Å². The van der Waals surface area contributed by atoms with Gasteiger partial charge in [-0.25, -0.2) is 0 Å². The zero-order valence-corrected chi connectivity index (χ0v) is 17.7. The first kappa shape index (κ1) is 20.2. The van der Waals surface area contributed by atoms with Crippen molar-refractivity contribution in [3.8, 4) is 0 Å². The van der Waals surface area contributed by atoms with Crippen LogP contribution >= 0.6 is 23.1 Å². The molecule has 1 aliphatic carbocycles. The summed E-state index contributed by atoms with van der Waals surface area (Å²) in [6, 6.07) is 1.97. The quantitative estimate of drug-likeness (QED) is 0.749. The Bertz CT molecular complexity index is 739. The summed E-state index contributed by atoms with van der Waals surface area (Å²) < 4.78 is 0. The second-order valence-corrected chi connectivity index (χ2v) is 10.4. The van der Waals surface area contributed by atoms with Crippen molar-refractivity contribution in [3.63, 3.8) is 0 Å². The predicted molar refractivity (Wildman–Crippen MR) is 109 cm³/mol. The molecule has 1 fully saturated rings. The maximum Gasteiger partial charge on any atom is 0.281 e. The third-order valence-corrected chi connectivity index (χ3v) is 7.43. The summed E-state index contributed by atoms with van der Waals surface area (Å²) in [6.07, 6.45) is 3.36. The Hall–Kier alpha value is -1.54. The maximum absolute atomic E-state index is 12.4. The molecule has 3 rings (SSSR count). The summed E-state index contributed by atoms with van der Waals surface area (Å²) >= 11 is 2.80. The van der Waals surface area contributed by atoms with E-state index in [2.05, 4.69) is 31.6 Å². The molecule has 148 valence electrons. The lowest BCUT2D eigenvalue weighted by Crippen LogP contribution is -2.42. The van der Waals surface area contributed by atoms with Gasteiger partial charge in [-0.05, 0) is 42.2 Å². The van der Waals surface area contributed by atoms with Crippen molar-refractivity contribution in [3.05, 3.63) is 21.4 Å². The number of thiophene rings is 1. The van der Waals surface area contributed by atoms with Crippen LogP contribution in [0.5, 0.6) is 0 Å². The summed E-state index contributed by atoms with van der Waals surface area (Å²) in [6.45, 7) is 7.88. The number of nitrogens with zero attached hydrogens (tertiary/aromatic N) is 1. The molecule has 2 aliphatic rings. The van der Waals surface area contributed by atoms with E-state index >= 15 is 0 Å². The van der Waals surface area contributed by atoms with Crippen LogP contribution in [0.1, 0.15) is 53.7 Å². The fourth-order valence-corrected chi connectivity index (χ4v) is 5.45. The minimum atomic E-state index is -0.290. The van der Waals surface area contributed by atoms with Crippen LogP contribution in [0.4, 0.5) is 4.79 Å². The summed E-state index contributed by atoms with van der Waals surface area (Å²) in [5.74, 6) is 0.836. The molecule has 1 atom stereocenters. The molecule has 2 N–H and O–H groups in total. The van der Waals surface area contributed by atoms with Gasteiger partial charge < -0.3 is 4.90 Å². The third kappa shape index (κ3) is 5.04. The number of hydrazine groups is 1. The van der Waals surface area contributed by atoms with Crippen molar-refractivity contribution in [1.82, 2.24) is 15.8 Å². The molecule has 1 unspecified atom stereocenters. The Morgan fingerprint density at radius 1 is 1.30 bits per heavy atom. The van der Waals surface area contributed by atoms with E-state index in [1.54, 1.807) is 4.90 Å². The molecule has 0 radical (unpaired) electrons. The number of nitrogens with one attached hydrogen (secondary N) is 2. The van der Waals surface area contributed by atoms with E-state index in [-0.39, 0.29) is 28.9 Å². The van der Waals surface area contributed by atoms with Gasteiger partial charge in [0.1, 0.15) is 0 Å². The minimum absolute atomic E-state index is 0.0181. The average Bonchev–Trinajstić information content (AvgIpc) is 3.22. The number of carbonyl (C=O) groups is 3. The second kappa shape index (κ2) is 8.22. The Morgan fingerprint density at radius 3 is 2.74 bits per heavy atom. The third-order valence-electron chi connectivity index (χ3n) is 5.30. The van der Waals surface area contributed by atoms with Crippen molar-refractivity contribution in [1.29, 1.82) is 0 Å². The molecule has 0 bridgehead atoms. The highest BCUT2D eigenvalue weighted by atomic mass is 32.2. The van der Waals surface area contributed by atoms with Gasteiger partial charge in [0.05, 0.1) is 4.88 Å². The molecular weight excluding hydrogens is 382 g/mol. The monoisotopic (exact) mass is 409 g/mol. The maximum atomic E-state index is 12.4. The largest absolute Gasteiger partial charge is 0.332 e. The molecule has 1 aliphatic heterocycles. The number of hydrogen-bond acceptors (Lipinski definition) is 5. The Labute approximate surface area is 168 Å². The van der Waals surface area contributed by atoms with Crippen LogP contribution in [0.25, 0.3) is 0 Å². The first-order chi connectivity index (χ1) is 12.7. The SMILES string of the molecule is CC(C)(C)C1CCc2sc(C(=O)NNC(=O)CCN3CCSC3=O)cc2C1. The van der Waals surface area contributed by atoms with Gasteiger partial charge in [-0.1, -0.05) is 32.5 Å². The summed E-state index contributed by atoms with van der Waals surface area (Å²) in [7, 11) is 0. The minimum Gasteiger partial charge on any atom is -0.332 e. The zero-order valence-electron chi connectivity index (χ0n) is 16.1. The van der Waals surface area contributed by atoms with Gasteiger partial charge in [0.25, 0.3) is 11.1 Å². The highest BCUT2D eigenvalue weighted by Gasteiger charge is 2.30. The van der Waals surface area contributed by atoms with Crippen molar-refractivity contribution >= 4 is 40.2 Å². The van der Waals surface area contributed by atoms with Crippen LogP contribution < -0.4 is 10.9 Å². The fraction of sp³-hybridized carbons (Fsp3) is 0.632. The molecule has 1 aromatic rings. The topological polar surface area (TPSA) is 78.5 Å². The Kier molecular flexibility index (Phi) is 6.15. The van der Waals surface area contributed by atoms with E-state index in [9.17, 15) is 14.4 Å². The van der Waals surface area contributed by atoms with E-state index < -0.39 is 0 Å². The van der Waals surface area contributed by atoms with Crippen molar-refractivity contribution in [2.45, 2.75) is 46.5 Å². The van der Waals surface area contributed by atoms with E-state index in [1.807, 2.05) is 6.07 Å². The Balaban J connectivity index is 1.48. The zero-order chi connectivity index (χ0) is 19.6. The van der Waals surface area contributed by atoms with Gasteiger partial charge in [0.2, 0.25) is 5.91 Å². The van der Waals surface area contributed by atoms with Crippen LogP contribution in [0.3, 0.4) is 0 Å². The smallest absolute Gasteiger partial charge is 0.281 e. The molecule has 1 saturated heterocycles. The number of amides is 3. The molecule has 0 aromatic carbocycles. The molecule has 2 heterocycles. The second-order valence-electron chi connectivity index (χ2n) is 8.22. The normalized spacial score (nSPS) is 19.7. The molecule has 8 heteroatoms. The number of carbonyl (C=O) groups excluding carboxylic acids is 3. The summed E-state index contributed by atoms with van der Waals surface area (Å²) in [5.41, 5.74) is 6.50. The van der Waals surface area contributed by atoms with Gasteiger partial charge in [0, 0.05) is 30.1 Å². The van der Waals surface area contributed by atoms with Gasteiger partial charge >= 0.3 is 0 Å². The molecule has 0 spiro atoms. The molecule has 0 saturated carbocycles. The molecule has 27 heavy (non-hydrogen) atoms. The summed E-state index contributed by atoms with van der Waals surface area (Å²) in [4.78, 5) is 39.4. The first-order valence-electron chi connectivity index (χ1n) is 9.36. The lowest BCUT2D eigenvalue weighted by atomic mass is 9.72. The van der Waals surface area contributed by atoms with Crippen LogP contribution in [-0.4, -0.2) is 40.8 Å². The van der Waals surface area contributed by atoms with E-state index in [4.69, 9.17) is 0 Å². The van der Waals surface area contributed by atoms with Crippen LogP contribution in [0.2, 0.25) is 0 Å². The predicted octanol–water partition coefficient (Wildman–Crippen LogP) is 3.22. The van der Waals surface area contributed by atoms with Gasteiger partial charge in [-0.2, -0.15) is 0 Å². The molecule has 6 nitrogen and oxygen atoms in total. The number of aryl methyl sites for hydroxylation is 1. The highest BCUT2D eigenvalue weighted by molar-refractivity contribution is 8.13. The van der Waals surface area contributed by atoms with Crippen molar-refractivity contribution < 1.29 is 14.4 Å². The van der Waals surface area contributed by atoms with Crippen molar-refractivity contribution in [2.75, 3.05) is 18.8 Å². The van der Waals surface area contributed by atoms with E-state index in [0.29, 0.717) is 23.9 Å². The summed E-state index contributed by atoms with van der Waals surface area (Å²) in [5, 5.41) is 0.0181. The molecule has 3 amide bonds. The molecule has 1 aromatic heterocycles. The number of thioether (sulfide) groups is 1. The van der Waals surface area contributed by atoms with Gasteiger partial charge in [0.15, 0.2) is 0 Å². The van der Waals surface area contributed by atoms with Gasteiger partial charge in [-0.3, -0.25) is 25.2 Å². The van der Waals surface area contributed by atoms with E-state index in [0.717, 1.165) is 25.0 Å². The van der Waals surface area contributed by atoms with Crippen molar-refractivity contribution in [2.24, 2.45) is 11.3 Å². The Morgan fingerprint density at radius 2 is 2.07 bits per heavy atom. The van der Waals surface area contributed by atoms with Crippen LogP contribution in [-0.2, 0) is 17.6 Å². The molecular formula is C19H27N3O3S2. The standard InChI is InChI=1S/C19H27N3O3S2/c1-19(2,3)13-4-5-14-12(10-13)11-15(27-14)17(24)21-20-16(23)6-7-22-8-9-26-18(22)25/h11,13H,4-10H2,1-3H3,(H,20,23)(H,21,24). The van der Waals surface area contributed by atoms with Crippen LogP contribution in [0, 0.1) is 11.3 Å². The average molecular weight is 410 g/mol. The van der Waals surface area contributed by atoms with Gasteiger partial charge in [-0.15, -0.1) is 11.3 Å². The fourth-order valence-electron chi connectivity index (χ4n) is 3.49. The number of fused-ring (bicyclic) bond motifs is 1. The van der Waals surface area contributed by atoms with Crippen LogP contribution in [0.15, 0.2) is 6.07 Å². The lowest BCUT2D eigenvalue weighted by Gasteiger charge is -2.33. The first-order valence-corrected chi connectivity index (χ1v) is 11.2. The lowest BCUT2D eigenvalue weighted by molar-refractivity contribution is -0.122. The number of rotatable bonds is 4. The highest BCUT2D eigenvalue weighted by Crippen LogP contribution is 2.40. The number of hydrogen-bond donors (Lipinski definition) is 2.